The molecule has 0 saturated carbocycles. The van der Waals surface area contributed by atoms with Crippen molar-refractivity contribution in [1.29, 1.82) is 0 Å². The molecule has 0 aromatic carbocycles. The number of carbonyl (C=O) groups is 3. The Morgan fingerprint density at radius 2 is 0.673 bits per heavy atom. The first-order valence-corrected chi connectivity index (χ1v) is 17.3. The van der Waals surface area contributed by atoms with E-state index in [0.717, 1.165) is 6.08 Å². The largest absolute Gasteiger partial charge is 0.480 e. The summed E-state index contributed by atoms with van der Waals surface area (Å²) in [7, 11) is 0. The summed E-state index contributed by atoms with van der Waals surface area (Å²) in [6.45, 7) is 13.5. The van der Waals surface area contributed by atoms with Gasteiger partial charge in [-0.25, -0.2) is 9.59 Å². The molecule has 0 spiro atoms. The van der Waals surface area contributed by atoms with Gasteiger partial charge < -0.3 is 76.7 Å². The quantitative estimate of drug-likeness (QED) is 0.0439. The Kier molecular flexibility index (Phi) is 41.1. The average Bonchev–Trinajstić information content (AvgIpc) is 3.13. The van der Waals surface area contributed by atoms with E-state index in [0.29, 0.717) is 165 Å². The van der Waals surface area contributed by atoms with Crippen molar-refractivity contribution in [3.8, 4) is 0 Å². The SMILES string of the molecule is C=CC(=O)OCCOCCOCCOCCOCCOCCOCCOCCOCCOCCOCCOCCOCCNC(=O)COCC(=O)O. The molecule has 0 unspecified atom stereocenters. The van der Waals surface area contributed by atoms with Crippen LogP contribution in [0.5, 0.6) is 0 Å². The van der Waals surface area contributed by atoms with Crippen LogP contribution in [-0.2, 0) is 80.7 Å². The van der Waals surface area contributed by atoms with Crippen LogP contribution in [0, 0.1) is 0 Å². The van der Waals surface area contributed by atoms with Gasteiger partial charge in [-0.2, -0.15) is 0 Å². The third-order valence-electron chi connectivity index (χ3n) is 5.76. The molecule has 19 nitrogen and oxygen atoms in total. The second-order valence-corrected chi connectivity index (χ2v) is 9.96. The molecule has 306 valence electrons. The van der Waals surface area contributed by atoms with Crippen LogP contribution in [0.1, 0.15) is 0 Å². The first-order valence-electron chi connectivity index (χ1n) is 17.3. The van der Waals surface area contributed by atoms with Crippen LogP contribution in [0.4, 0.5) is 0 Å². The van der Waals surface area contributed by atoms with Gasteiger partial charge in [0.2, 0.25) is 5.91 Å². The number of amides is 1. The number of rotatable bonds is 44. The number of nitrogens with one attached hydrogen (secondary N) is 1. The number of aliphatic carboxylic acids is 1. The van der Waals surface area contributed by atoms with Crippen LogP contribution < -0.4 is 5.32 Å². The fourth-order valence-corrected chi connectivity index (χ4v) is 3.33. The van der Waals surface area contributed by atoms with Crippen molar-refractivity contribution in [1.82, 2.24) is 5.32 Å². The lowest BCUT2D eigenvalue weighted by Crippen LogP contribution is -2.31. The summed E-state index contributed by atoms with van der Waals surface area (Å²) >= 11 is 0. The Hall–Kier alpha value is -2.37. The van der Waals surface area contributed by atoms with E-state index in [4.69, 9.17) is 66.7 Å². The summed E-state index contributed by atoms with van der Waals surface area (Å²) in [5.41, 5.74) is 0. The normalized spacial score (nSPS) is 11.2. The Morgan fingerprint density at radius 1 is 0.404 bits per heavy atom. The highest BCUT2D eigenvalue weighted by Crippen LogP contribution is 1.88. The monoisotopic (exact) mass is 759 g/mol. The Morgan fingerprint density at radius 3 is 0.942 bits per heavy atom. The minimum Gasteiger partial charge on any atom is -0.480 e. The van der Waals surface area contributed by atoms with Crippen molar-refractivity contribution in [3.63, 3.8) is 0 Å². The second kappa shape index (κ2) is 43.0. The Balaban J connectivity index is 3.10. The van der Waals surface area contributed by atoms with Gasteiger partial charge in [0.25, 0.3) is 0 Å². The molecule has 0 saturated heterocycles. The number of hydrogen-bond acceptors (Lipinski definition) is 17. The molecule has 0 fully saturated rings. The Bertz CT molecular complexity index is 809. The van der Waals surface area contributed by atoms with Crippen molar-refractivity contribution in [2.75, 3.05) is 185 Å². The maximum Gasteiger partial charge on any atom is 0.330 e. The van der Waals surface area contributed by atoms with Gasteiger partial charge in [0.1, 0.15) is 19.8 Å². The van der Waals surface area contributed by atoms with Crippen molar-refractivity contribution in [2.24, 2.45) is 0 Å². The Labute approximate surface area is 306 Å². The summed E-state index contributed by atoms with van der Waals surface area (Å²) in [5, 5.41) is 11.0. The number of hydrogen-bond donors (Lipinski definition) is 2. The van der Waals surface area contributed by atoms with E-state index in [1.54, 1.807) is 0 Å². The molecule has 0 aliphatic rings. The molecule has 0 radical (unpaired) electrons. The third-order valence-corrected chi connectivity index (χ3v) is 5.76. The van der Waals surface area contributed by atoms with Gasteiger partial charge >= 0.3 is 11.9 Å². The summed E-state index contributed by atoms with van der Waals surface area (Å²) in [5.74, 6) is -2.00. The molecule has 1 amide bonds. The van der Waals surface area contributed by atoms with Gasteiger partial charge in [-0.05, 0) is 0 Å². The van der Waals surface area contributed by atoms with E-state index in [-0.39, 0.29) is 13.2 Å². The van der Waals surface area contributed by atoms with Gasteiger partial charge in [-0.1, -0.05) is 6.58 Å². The molecular weight excluding hydrogens is 698 g/mol. The smallest absolute Gasteiger partial charge is 0.330 e. The number of carboxylic acids is 1. The first-order chi connectivity index (χ1) is 25.6. The molecule has 0 aliphatic carbocycles. The summed E-state index contributed by atoms with van der Waals surface area (Å²) in [4.78, 5) is 32.5. The van der Waals surface area contributed by atoms with Gasteiger partial charge in [-0.15, -0.1) is 0 Å². The summed E-state index contributed by atoms with van der Waals surface area (Å²) < 4.78 is 74.4. The van der Waals surface area contributed by atoms with Crippen molar-refractivity contribution < 1.29 is 85.8 Å². The minimum atomic E-state index is -1.13. The van der Waals surface area contributed by atoms with Crippen LogP contribution >= 0.6 is 0 Å². The molecule has 0 rings (SSSR count). The van der Waals surface area contributed by atoms with E-state index < -0.39 is 24.5 Å². The number of carbonyl (C=O) groups excluding carboxylic acids is 2. The number of carboxylic acid groups (broad SMARTS) is 1. The van der Waals surface area contributed by atoms with Gasteiger partial charge in [0.15, 0.2) is 0 Å². The van der Waals surface area contributed by atoms with Gasteiger partial charge in [-0.3, -0.25) is 4.79 Å². The molecule has 0 atom stereocenters. The van der Waals surface area contributed by atoms with E-state index in [1.165, 1.54) is 0 Å². The summed E-state index contributed by atoms with van der Waals surface area (Å²) in [6.07, 6.45) is 1.11. The predicted octanol–water partition coefficient (Wildman–Crippen LogP) is -0.868. The second-order valence-electron chi connectivity index (χ2n) is 9.96. The third kappa shape index (κ3) is 43.8. The number of esters is 1. The molecule has 0 heterocycles. The molecule has 0 aromatic rings. The molecule has 0 aliphatic heterocycles. The zero-order valence-corrected chi connectivity index (χ0v) is 30.5. The molecule has 0 aromatic heterocycles. The fraction of sp³-hybridized carbons (Fsp3) is 0.848. The molecule has 0 bridgehead atoms. The molecule has 52 heavy (non-hydrogen) atoms. The lowest BCUT2D eigenvalue weighted by Gasteiger charge is -2.09. The lowest BCUT2D eigenvalue weighted by atomic mass is 10.6. The molecule has 19 heteroatoms. The molecule has 2 N–H and O–H groups in total. The number of ether oxygens (including phenoxy) is 14. The van der Waals surface area contributed by atoms with E-state index in [1.807, 2.05) is 0 Å². The minimum absolute atomic E-state index is 0.189. The lowest BCUT2D eigenvalue weighted by molar-refractivity contribution is -0.143. The zero-order chi connectivity index (χ0) is 37.8. The van der Waals surface area contributed by atoms with Crippen LogP contribution in [0.25, 0.3) is 0 Å². The average molecular weight is 760 g/mol. The standard InChI is InChI=1S/C33H61NO18/c1-2-33(38)52-28-27-50-26-25-49-24-23-48-22-21-47-20-19-46-18-17-45-16-15-44-14-13-43-12-11-42-10-9-41-8-7-40-6-5-39-4-3-34-31(35)29-51-30-32(36)37/h2H,1,3-30H2,(H,34,35)(H,36,37). The maximum absolute atomic E-state index is 11.4. The predicted molar refractivity (Wildman–Crippen MR) is 182 cm³/mol. The van der Waals surface area contributed by atoms with Crippen molar-refractivity contribution in [2.45, 2.75) is 0 Å². The van der Waals surface area contributed by atoms with Gasteiger partial charge in [0.05, 0.1) is 159 Å². The molecular formula is C33H61NO18. The van der Waals surface area contributed by atoms with Crippen molar-refractivity contribution in [3.05, 3.63) is 12.7 Å². The summed E-state index contributed by atoms with van der Waals surface area (Å²) in [6, 6.07) is 0. The van der Waals surface area contributed by atoms with Crippen LogP contribution in [0.15, 0.2) is 12.7 Å². The highest BCUT2D eigenvalue weighted by atomic mass is 16.6. The topological polar surface area (TPSA) is 213 Å². The highest BCUT2D eigenvalue weighted by molar-refractivity contribution is 5.81. The fourth-order valence-electron chi connectivity index (χ4n) is 3.33. The van der Waals surface area contributed by atoms with Crippen molar-refractivity contribution >= 4 is 17.8 Å². The van der Waals surface area contributed by atoms with E-state index in [2.05, 4.69) is 16.6 Å². The van der Waals surface area contributed by atoms with Crippen LogP contribution in [0.2, 0.25) is 0 Å². The van der Waals surface area contributed by atoms with Gasteiger partial charge in [0, 0.05) is 12.6 Å². The highest BCUT2D eigenvalue weighted by Gasteiger charge is 2.03. The van der Waals surface area contributed by atoms with E-state index in [9.17, 15) is 14.4 Å². The van der Waals surface area contributed by atoms with Crippen LogP contribution in [-0.4, -0.2) is 208 Å². The van der Waals surface area contributed by atoms with E-state index >= 15 is 0 Å². The van der Waals surface area contributed by atoms with Crippen LogP contribution in [0.3, 0.4) is 0 Å². The maximum atomic E-state index is 11.4. The first kappa shape index (κ1) is 49.6. The zero-order valence-electron chi connectivity index (χ0n) is 30.5.